The standard InChI is InChI=1S/C8H14ClN5.C3H3N3/c1-4-10-7-12-6(9)13-8(14-7)11-5(2)3;1-4-2-6-3-5-1/h5H,4H2,1-3H3,(H2,10,11,12,13,14);1-3H. The molecule has 0 aliphatic rings. The van der Waals surface area contributed by atoms with E-state index in [-0.39, 0.29) is 11.3 Å². The van der Waals surface area contributed by atoms with Crippen LogP contribution in [0.4, 0.5) is 11.9 Å². The maximum absolute atomic E-state index is 5.73. The fourth-order valence-corrected chi connectivity index (χ4v) is 1.28. The van der Waals surface area contributed by atoms with E-state index in [0.717, 1.165) is 6.54 Å². The summed E-state index contributed by atoms with van der Waals surface area (Å²) in [6, 6.07) is 0.267. The van der Waals surface area contributed by atoms with Crippen LogP contribution in [0.25, 0.3) is 0 Å². The molecular weight excluding hydrogens is 280 g/mol. The van der Waals surface area contributed by atoms with E-state index in [1.807, 2.05) is 20.8 Å². The summed E-state index contributed by atoms with van der Waals surface area (Å²) < 4.78 is 0. The van der Waals surface area contributed by atoms with Crippen LogP contribution in [0, 0.1) is 0 Å². The van der Waals surface area contributed by atoms with Gasteiger partial charge in [0.2, 0.25) is 17.2 Å². The molecule has 0 saturated carbocycles. The van der Waals surface area contributed by atoms with Gasteiger partial charge in [-0.05, 0) is 32.4 Å². The zero-order valence-corrected chi connectivity index (χ0v) is 12.3. The van der Waals surface area contributed by atoms with Gasteiger partial charge in [-0.2, -0.15) is 15.0 Å². The highest BCUT2D eigenvalue weighted by atomic mass is 35.5. The summed E-state index contributed by atoms with van der Waals surface area (Å²) in [6.45, 7) is 6.73. The Labute approximate surface area is 122 Å². The van der Waals surface area contributed by atoms with E-state index in [1.165, 1.54) is 19.0 Å². The van der Waals surface area contributed by atoms with Crippen molar-refractivity contribution in [3.05, 3.63) is 24.3 Å². The smallest absolute Gasteiger partial charge is 0.228 e. The average Bonchev–Trinajstić information content (AvgIpc) is 2.40. The van der Waals surface area contributed by atoms with Crippen molar-refractivity contribution in [1.82, 2.24) is 29.9 Å². The Morgan fingerprint density at radius 3 is 2.00 bits per heavy atom. The number of hydrogen-bond acceptors (Lipinski definition) is 8. The predicted molar refractivity (Wildman–Crippen MR) is 77.6 cm³/mol. The van der Waals surface area contributed by atoms with E-state index in [0.29, 0.717) is 11.9 Å². The lowest BCUT2D eigenvalue weighted by Gasteiger charge is -2.09. The Kier molecular flexibility index (Phi) is 7.12. The second kappa shape index (κ2) is 8.92. The van der Waals surface area contributed by atoms with Gasteiger partial charge in [0.1, 0.15) is 19.0 Å². The molecule has 2 rings (SSSR count). The highest BCUT2D eigenvalue weighted by Crippen LogP contribution is 2.09. The van der Waals surface area contributed by atoms with Gasteiger partial charge in [-0.25, -0.2) is 15.0 Å². The molecule has 2 aromatic heterocycles. The summed E-state index contributed by atoms with van der Waals surface area (Å²) in [6.07, 6.45) is 4.31. The SMILES string of the molecule is CCNc1nc(Cl)nc(NC(C)C)n1.c1ncncn1. The van der Waals surface area contributed by atoms with Crippen LogP contribution in [0.5, 0.6) is 0 Å². The third-order valence-corrected chi connectivity index (χ3v) is 1.93. The molecule has 9 heteroatoms. The Hall–Kier alpha value is -2.09. The fourth-order valence-electron chi connectivity index (χ4n) is 1.11. The molecular formula is C11H17ClN8. The second-order valence-corrected chi connectivity index (χ2v) is 4.21. The summed E-state index contributed by atoms with van der Waals surface area (Å²) in [5.41, 5.74) is 0. The summed E-state index contributed by atoms with van der Waals surface area (Å²) in [7, 11) is 0. The van der Waals surface area contributed by atoms with Crippen LogP contribution < -0.4 is 10.6 Å². The van der Waals surface area contributed by atoms with Crippen LogP contribution in [-0.4, -0.2) is 42.5 Å². The number of rotatable bonds is 4. The van der Waals surface area contributed by atoms with Gasteiger partial charge in [0.05, 0.1) is 0 Å². The van der Waals surface area contributed by atoms with E-state index in [9.17, 15) is 0 Å². The van der Waals surface area contributed by atoms with Crippen molar-refractivity contribution in [3.8, 4) is 0 Å². The summed E-state index contributed by atoms with van der Waals surface area (Å²) in [4.78, 5) is 22.7. The van der Waals surface area contributed by atoms with Gasteiger partial charge in [0.25, 0.3) is 0 Å². The number of halogens is 1. The molecule has 0 fully saturated rings. The lowest BCUT2D eigenvalue weighted by atomic mass is 10.4. The maximum Gasteiger partial charge on any atom is 0.228 e. The summed E-state index contributed by atoms with van der Waals surface area (Å²) in [5, 5.41) is 6.23. The molecule has 20 heavy (non-hydrogen) atoms. The lowest BCUT2D eigenvalue weighted by Crippen LogP contribution is -2.14. The van der Waals surface area contributed by atoms with Gasteiger partial charge in [-0.15, -0.1) is 0 Å². The molecule has 0 radical (unpaired) electrons. The van der Waals surface area contributed by atoms with Crippen LogP contribution >= 0.6 is 11.6 Å². The van der Waals surface area contributed by atoms with Crippen molar-refractivity contribution in [2.75, 3.05) is 17.2 Å². The van der Waals surface area contributed by atoms with E-state index in [2.05, 4.69) is 40.5 Å². The largest absolute Gasteiger partial charge is 0.354 e. The molecule has 2 aromatic rings. The van der Waals surface area contributed by atoms with Gasteiger partial charge >= 0.3 is 0 Å². The number of aromatic nitrogens is 6. The molecule has 2 N–H and O–H groups in total. The van der Waals surface area contributed by atoms with Crippen molar-refractivity contribution in [2.24, 2.45) is 0 Å². The normalized spacial score (nSPS) is 9.65. The minimum absolute atomic E-state index is 0.194. The van der Waals surface area contributed by atoms with E-state index in [1.54, 1.807) is 0 Å². The highest BCUT2D eigenvalue weighted by Gasteiger charge is 2.04. The monoisotopic (exact) mass is 296 g/mol. The van der Waals surface area contributed by atoms with Crippen molar-refractivity contribution < 1.29 is 0 Å². The number of nitrogens with zero attached hydrogens (tertiary/aromatic N) is 6. The van der Waals surface area contributed by atoms with Crippen molar-refractivity contribution in [2.45, 2.75) is 26.8 Å². The third-order valence-electron chi connectivity index (χ3n) is 1.76. The first-order valence-corrected chi connectivity index (χ1v) is 6.46. The molecule has 0 aliphatic carbocycles. The Morgan fingerprint density at radius 2 is 1.55 bits per heavy atom. The fraction of sp³-hybridized carbons (Fsp3) is 0.455. The molecule has 0 saturated heterocycles. The molecule has 0 aliphatic heterocycles. The predicted octanol–water partition coefficient (Wildman–Crippen LogP) is 1.65. The Morgan fingerprint density at radius 1 is 1.00 bits per heavy atom. The van der Waals surface area contributed by atoms with Gasteiger partial charge in [-0.3, -0.25) is 0 Å². The summed E-state index contributed by atoms with van der Waals surface area (Å²) >= 11 is 5.73. The van der Waals surface area contributed by atoms with Gasteiger partial charge < -0.3 is 10.6 Å². The van der Waals surface area contributed by atoms with Crippen LogP contribution in [0.3, 0.4) is 0 Å². The Balaban J connectivity index is 0.000000276. The third kappa shape index (κ3) is 6.74. The van der Waals surface area contributed by atoms with E-state index in [4.69, 9.17) is 11.6 Å². The first-order valence-electron chi connectivity index (χ1n) is 6.08. The zero-order valence-electron chi connectivity index (χ0n) is 11.6. The van der Waals surface area contributed by atoms with Crippen LogP contribution in [0.1, 0.15) is 20.8 Å². The molecule has 0 amide bonds. The molecule has 0 aromatic carbocycles. The first kappa shape index (κ1) is 16.0. The van der Waals surface area contributed by atoms with Crippen molar-refractivity contribution in [3.63, 3.8) is 0 Å². The minimum Gasteiger partial charge on any atom is -0.354 e. The quantitative estimate of drug-likeness (QED) is 0.878. The van der Waals surface area contributed by atoms with Gasteiger partial charge in [0.15, 0.2) is 0 Å². The number of anilines is 2. The summed E-state index contributed by atoms with van der Waals surface area (Å²) in [5.74, 6) is 0.992. The van der Waals surface area contributed by atoms with Gasteiger partial charge in [0, 0.05) is 12.6 Å². The number of nitrogens with one attached hydrogen (secondary N) is 2. The number of hydrogen-bond donors (Lipinski definition) is 2. The second-order valence-electron chi connectivity index (χ2n) is 3.87. The van der Waals surface area contributed by atoms with Crippen LogP contribution in [-0.2, 0) is 0 Å². The molecule has 8 nitrogen and oxygen atoms in total. The highest BCUT2D eigenvalue weighted by molar-refractivity contribution is 6.28. The molecule has 0 spiro atoms. The molecule has 2 heterocycles. The van der Waals surface area contributed by atoms with E-state index < -0.39 is 0 Å². The van der Waals surface area contributed by atoms with Crippen molar-refractivity contribution >= 4 is 23.5 Å². The topological polar surface area (TPSA) is 101 Å². The maximum atomic E-state index is 5.73. The van der Waals surface area contributed by atoms with E-state index >= 15 is 0 Å². The molecule has 108 valence electrons. The average molecular weight is 297 g/mol. The van der Waals surface area contributed by atoms with Crippen molar-refractivity contribution in [1.29, 1.82) is 0 Å². The van der Waals surface area contributed by atoms with Gasteiger partial charge in [-0.1, -0.05) is 0 Å². The minimum atomic E-state index is 0.194. The zero-order chi connectivity index (χ0) is 14.8. The molecule has 0 atom stereocenters. The molecule has 0 bridgehead atoms. The van der Waals surface area contributed by atoms with Crippen LogP contribution in [0.15, 0.2) is 19.0 Å². The lowest BCUT2D eigenvalue weighted by molar-refractivity contribution is 0.866. The Bertz CT molecular complexity index is 466. The first-order chi connectivity index (χ1) is 9.61. The molecule has 0 unspecified atom stereocenters. The van der Waals surface area contributed by atoms with Crippen LogP contribution in [0.2, 0.25) is 5.28 Å².